The maximum Gasteiger partial charge on any atom is 0.410 e. The van der Waals surface area contributed by atoms with E-state index in [2.05, 4.69) is 19.8 Å². The van der Waals surface area contributed by atoms with Crippen LogP contribution >= 0.6 is 11.6 Å². The molecule has 1 amide bonds. The first kappa shape index (κ1) is 32.9. The summed E-state index contributed by atoms with van der Waals surface area (Å²) in [6.45, 7) is 11.2. The van der Waals surface area contributed by atoms with Gasteiger partial charge in [0.25, 0.3) is 0 Å². The molecule has 6 heterocycles. The molecule has 2 bridgehead atoms. The zero-order valence-electron chi connectivity index (χ0n) is 27.1. The lowest BCUT2D eigenvalue weighted by Crippen LogP contribution is -2.48. The Labute approximate surface area is 273 Å². The average Bonchev–Trinajstić information content (AvgIpc) is 3.64. The van der Waals surface area contributed by atoms with Gasteiger partial charge >= 0.3 is 18.1 Å². The van der Waals surface area contributed by atoms with E-state index in [1.165, 1.54) is 6.20 Å². The van der Waals surface area contributed by atoms with Gasteiger partial charge in [-0.1, -0.05) is 11.6 Å². The summed E-state index contributed by atoms with van der Waals surface area (Å²) in [6.07, 6.45) is 6.67. The van der Waals surface area contributed by atoms with E-state index in [4.69, 9.17) is 35.5 Å². The summed E-state index contributed by atoms with van der Waals surface area (Å²) >= 11 is 6.10. The lowest BCUT2D eigenvalue weighted by Gasteiger charge is -2.35. The van der Waals surface area contributed by atoms with E-state index in [-0.39, 0.29) is 53.0 Å². The van der Waals surface area contributed by atoms with Gasteiger partial charge in [-0.15, -0.1) is 0 Å². The van der Waals surface area contributed by atoms with Crippen molar-refractivity contribution in [3.05, 3.63) is 17.2 Å². The van der Waals surface area contributed by atoms with Gasteiger partial charge in [0.2, 0.25) is 0 Å². The van der Waals surface area contributed by atoms with E-state index in [1.54, 1.807) is 6.92 Å². The third-order valence-corrected chi connectivity index (χ3v) is 9.87. The molecule has 46 heavy (non-hydrogen) atoms. The average molecular weight is 663 g/mol. The number of halogens is 2. The third kappa shape index (κ3) is 6.82. The Kier molecular flexibility index (Phi) is 9.46. The smallest absolute Gasteiger partial charge is 0.410 e. The molecule has 0 N–H and O–H groups in total. The summed E-state index contributed by atoms with van der Waals surface area (Å²) in [5, 5.41) is 0.173. The molecule has 0 spiro atoms. The zero-order valence-corrected chi connectivity index (χ0v) is 27.9. The van der Waals surface area contributed by atoms with Crippen LogP contribution in [0.3, 0.4) is 0 Å². The predicted molar refractivity (Wildman–Crippen MR) is 169 cm³/mol. The molecule has 2 aromatic rings. The number of rotatable bonds is 9. The highest BCUT2D eigenvalue weighted by molar-refractivity contribution is 6.30. The van der Waals surface area contributed by atoms with Crippen molar-refractivity contribution in [1.29, 1.82) is 0 Å². The van der Waals surface area contributed by atoms with Crippen molar-refractivity contribution in [2.45, 2.75) is 89.4 Å². The largest absolute Gasteiger partial charge is 0.464 e. The number of pyridine rings is 1. The molecule has 0 radical (unpaired) electrons. The molecule has 4 atom stereocenters. The third-order valence-electron chi connectivity index (χ3n) is 9.61. The van der Waals surface area contributed by atoms with E-state index < -0.39 is 11.4 Å². The Morgan fingerprint density at radius 1 is 1.15 bits per heavy atom. The molecule has 2 aromatic heterocycles. The molecule has 2 unspecified atom stereocenters. The maximum atomic E-state index is 15.4. The van der Waals surface area contributed by atoms with Crippen molar-refractivity contribution in [2.24, 2.45) is 5.92 Å². The minimum atomic E-state index is -0.722. The summed E-state index contributed by atoms with van der Waals surface area (Å²) < 4.78 is 38.2. The van der Waals surface area contributed by atoms with Crippen LogP contribution in [0.2, 0.25) is 5.15 Å². The van der Waals surface area contributed by atoms with E-state index in [1.807, 2.05) is 25.7 Å². The monoisotopic (exact) mass is 662 g/mol. The number of carbonyl (C=O) groups is 2. The van der Waals surface area contributed by atoms with Crippen LogP contribution in [-0.4, -0.2) is 113 Å². The minimum Gasteiger partial charge on any atom is -0.464 e. The number of amides is 1. The second-order valence-electron chi connectivity index (χ2n) is 13.9. The molecule has 4 aliphatic heterocycles. The van der Waals surface area contributed by atoms with Crippen molar-refractivity contribution in [3.8, 4) is 6.01 Å². The van der Waals surface area contributed by atoms with Gasteiger partial charge in [-0.2, -0.15) is 9.97 Å². The Hall–Kier alpha value is -3.03. The van der Waals surface area contributed by atoms with Crippen molar-refractivity contribution >= 4 is 40.4 Å². The fraction of sp³-hybridized carbons (Fsp3) is 0.719. The van der Waals surface area contributed by atoms with Crippen LogP contribution in [0.5, 0.6) is 6.01 Å². The normalized spacial score (nSPS) is 26.3. The van der Waals surface area contributed by atoms with Crippen molar-refractivity contribution in [2.75, 3.05) is 57.5 Å². The summed E-state index contributed by atoms with van der Waals surface area (Å²) in [5.41, 5.74) is -0.763. The van der Waals surface area contributed by atoms with Crippen LogP contribution in [0.25, 0.3) is 10.9 Å². The van der Waals surface area contributed by atoms with Crippen molar-refractivity contribution < 1.29 is 32.9 Å². The lowest BCUT2D eigenvalue weighted by molar-refractivity contribution is -0.149. The first-order chi connectivity index (χ1) is 22.0. The summed E-state index contributed by atoms with van der Waals surface area (Å²) in [4.78, 5) is 44.5. The first-order valence-electron chi connectivity index (χ1n) is 16.4. The number of carbonyl (C=O) groups excluding carboxylic acids is 2. The van der Waals surface area contributed by atoms with Gasteiger partial charge in [0.1, 0.15) is 30.1 Å². The van der Waals surface area contributed by atoms with Gasteiger partial charge in [-0.3, -0.25) is 4.90 Å². The molecule has 4 aliphatic rings. The molecule has 252 valence electrons. The quantitative estimate of drug-likeness (QED) is 0.277. The lowest BCUT2D eigenvalue weighted by atomic mass is 9.95. The molecule has 14 heteroatoms. The van der Waals surface area contributed by atoms with Gasteiger partial charge in [-0.25, -0.2) is 19.0 Å². The second kappa shape index (κ2) is 13.2. The fourth-order valence-electron chi connectivity index (χ4n) is 7.59. The van der Waals surface area contributed by atoms with Gasteiger partial charge < -0.3 is 28.7 Å². The van der Waals surface area contributed by atoms with Crippen LogP contribution < -0.4 is 9.64 Å². The van der Waals surface area contributed by atoms with Crippen LogP contribution in [0.1, 0.15) is 66.2 Å². The highest BCUT2D eigenvalue weighted by atomic mass is 35.5. The molecule has 0 aromatic carbocycles. The van der Waals surface area contributed by atoms with E-state index >= 15 is 4.39 Å². The number of fused-ring (bicyclic) bond motifs is 4. The number of hydrogen-bond acceptors (Lipinski definition) is 11. The van der Waals surface area contributed by atoms with Crippen molar-refractivity contribution in [1.82, 2.24) is 24.8 Å². The van der Waals surface area contributed by atoms with E-state index in [0.29, 0.717) is 56.6 Å². The van der Waals surface area contributed by atoms with Crippen LogP contribution in [0.15, 0.2) is 6.20 Å². The van der Waals surface area contributed by atoms with Crippen LogP contribution in [0.4, 0.5) is 15.0 Å². The van der Waals surface area contributed by atoms with Gasteiger partial charge in [-0.05, 0) is 78.7 Å². The number of aromatic nitrogens is 3. The van der Waals surface area contributed by atoms with E-state index in [9.17, 15) is 9.59 Å². The summed E-state index contributed by atoms with van der Waals surface area (Å²) in [7, 11) is 0. The molecule has 12 nitrogen and oxygen atoms in total. The zero-order chi connectivity index (χ0) is 32.6. The molecule has 4 fully saturated rings. The summed E-state index contributed by atoms with van der Waals surface area (Å²) in [6, 6.07) is 0.163. The molecular weight excluding hydrogens is 619 g/mol. The minimum absolute atomic E-state index is 0.0517. The Balaban J connectivity index is 1.21. The number of esters is 1. The number of nitrogens with zero attached hydrogens (tertiary/aromatic N) is 6. The molecule has 0 aliphatic carbocycles. The first-order valence-corrected chi connectivity index (χ1v) is 16.7. The van der Waals surface area contributed by atoms with E-state index in [0.717, 1.165) is 45.1 Å². The number of anilines is 1. The molecular formula is C32H44ClFN6O6. The predicted octanol–water partition coefficient (Wildman–Crippen LogP) is 4.61. The second-order valence-corrected chi connectivity index (χ2v) is 14.3. The number of likely N-dealkylation sites (tertiary alicyclic amines) is 1. The van der Waals surface area contributed by atoms with Crippen LogP contribution in [-0.2, 0) is 19.0 Å². The van der Waals surface area contributed by atoms with Gasteiger partial charge in [0.05, 0.1) is 30.2 Å². The number of ether oxygens (including phenoxy) is 4. The van der Waals surface area contributed by atoms with Crippen LogP contribution in [0, 0.1) is 11.7 Å². The highest BCUT2D eigenvalue weighted by Crippen LogP contribution is 2.43. The molecule has 0 saturated carbocycles. The topological polar surface area (TPSA) is 119 Å². The fourth-order valence-corrected chi connectivity index (χ4v) is 7.73. The Bertz CT molecular complexity index is 1460. The number of hydrogen-bond donors (Lipinski definition) is 0. The molecule has 4 saturated heterocycles. The van der Waals surface area contributed by atoms with Gasteiger partial charge in [0, 0.05) is 31.9 Å². The standard InChI is InChI=1S/C32H44ClFN6O6/c1-5-44-24(41)18-43-17-21-7-10-32(9-6-11-40(21)32)19-45-29-36-26-23(14-35-27(33)25(26)34)28(37-29)38-12-8-20-13-22(16-38)39(15-20)30(42)46-31(2,3)4/h14,20-22H,5-13,15-19H2,1-4H3/t20?,21-,22?,32-/m0/s1. The Morgan fingerprint density at radius 3 is 2.76 bits per heavy atom. The SMILES string of the molecule is CCOC(=O)COC[C@@H]1CC[C@]2(COc3nc(N4CCC5CC(C4)N(C(=O)OC(C)(C)C)C5)c4cnc(Cl)c(F)c4n3)CCCN12. The summed E-state index contributed by atoms with van der Waals surface area (Å²) in [5.74, 6) is -0.241. The van der Waals surface area contributed by atoms with Crippen molar-refractivity contribution in [3.63, 3.8) is 0 Å². The Morgan fingerprint density at radius 2 is 1.98 bits per heavy atom. The highest BCUT2D eigenvalue weighted by Gasteiger charge is 2.50. The maximum absolute atomic E-state index is 15.4. The molecule has 6 rings (SSSR count). The van der Waals surface area contributed by atoms with Gasteiger partial charge in [0.15, 0.2) is 11.0 Å².